The number of para-hydroxylation sites is 1. The Balaban J connectivity index is 1.35. The third-order valence-corrected chi connectivity index (χ3v) is 8.31. The molecule has 0 radical (unpaired) electrons. The van der Waals surface area contributed by atoms with Crippen molar-refractivity contribution in [3.63, 3.8) is 0 Å². The summed E-state index contributed by atoms with van der Waals surface area (Å²) in [5, 5.41) is 9.53. The van der Waals surface area contributed by atoms with Crippen molar-refractivity contribution in [3.8, 4) is 11.1 Å². The zero-order valence-corrected chi connectivity index (χ0v) is 22.5. The van der Waals surface area contributed by atoms with Gasteiger partial charge in [-0.25, -0.2) is 4.99 Å². The second-order valence-corrected chi connectivity index (χ2v) is 10.7. The van der Waals surface area contributed by atoms with E-state index >= 15 is 0 Å². The molecule has 3 aromatic heterocycles. The molecule has 1 aliphatic heterocycles. The quantitative estimate of drug-likeness (QED) is 0.238. The molecule has 5 heteroatoms. The summed E-state index contributed by atoms with van der Waals surface area (Å²) >= 11 is 0. The minimum Gasteiger partial charge on any atom is -0.450 e. The summed E-state index contributed by atoms with van der Waals surface area (Å²) in [5.74, 6) is 1.53. The lowest BCUT2D eigenvalue weighted by molar-refractivity contribution is 0.595. The van der Waals surface area contributed by atoms with Gasteiger partial charge in [-0.3, -0.25) is 9.55 Å². The van der Waals surface area contributed by atoms with Gasteiger partial charge in [0.15, 0.2) is 11.6 Å². The van der Waals surface area contributed by atoms with Gasteiger partial charge in [0.1, 0.15) is 11.7 Å². The Morgan fingerprint density at radius 2 is 1.38 bits per heavy atom. The van der Waals surface area contributed by atoms with Crippen molar-refractivity contribution >= 4 is 55.1 Å². The number of rotatable bonds is 2. The van der Waals surface area contributed by atoms with E-state index in [1.54, 1.807) is 0 Å². The Morgan fingerprint density at radius 3 is 2.24 bits per heavy atom. The highest BCUT2D eigenvalue weighted by Crippen LogP contribution is 2.42. The predicted molar refractivity (Wildman–Crippen MR) is 171 cm³/mol. The van der Waals surface area contributed by atoms with Crippen LogP contribution in [0.15, 0.2) is 143 Å². The Kier molecular flexibility index (Phi) is 4.90. The van der Waals surface area contributed by atoms with Crippen LogP contribution in [0.2, 0.25) is 0 Å². The van der Waals surface area contributed by atoms with E-state index in [0.717, 1.165) is 56.0 Å². The molecule has 0 saturated carbocycles. The second kappa shape index (κ2) is 8.91. The van der Waals surface area contributed by atoms with Gasteiger partial charge in [0.2, 0.25) is 0 Å². The molecule has 0 amide bonds. The SMILES string of the molecule is c1ccc(C2N=C(n3c4ccccc4c4cc5ccccc5cc43)c3oc4cc(-c5ccncc5)ccc4c3N2)cc1. The number of pyridine rings is 1. The largest absolute Gasteiger partial charge is 0.450 e. The zero-order chi connectivity index (χ0) is 27.6. The fourth-order valence-electron chi connectivity index (χ4n) is 6.31. The molecule has 0 bridgehead atoms. The Bertz CT molecular complexity index is 2330. The molecule has 0 saturated heterocycles. The fourth-order valence-corrected chi connectivity index (χ4v) is 6.31. The lowest BCUT2D eigenvalue weighted by atomic mass is 10.0. The van der Waals surface area contributed by atoms with Crippen LogP contribution in [0.25, 0.3) is 54.7 Å². The number of anilines is 1. The minimum atomic E-state index is -0.272. The van der Waals surface area contributed by atoms with Crippen molar-refractivity contribution in [1.29, 1.82) is 0 Å². The molecule has 1 unspecified atom stereocenters. The number of furan rings is 1. The van der Waals surface area contributed by atoms with E-state index in [-0.39, 0.29) is 6.17 Å². The number of hydrogen-bond acceptors (Lipinski definition) is 4. The number of benzene rings is 5. The van der Waals surface area contributed by atoms with E-state index in [4.69, 9.17) is 9.41 Å². The van der Waals surface area contributed by atoms with Crippen molar-refractivity contribution in [2.75, 3.05) is 5.32 Å². The van der Waals surface area contributed by atoms with E-state index in [1.165, 1.54) is 21.5 Å². The van der Waals surface area contributed by atoms with Gasteiger partial charge in [-0.05, 0) is 69.9 Å². The molecule has 0 spiro atoms. The average molecular weight is 541 g/mol. The number of fused-ring (bicyclic) bond motifs is 7. The predicted octanol–water partition coefficient (Wildman–Crippen LogP) is 9.18. The first-order valence-corrected chi connectivity index (χ1v) is 14.1. The molecule has 8 aromatic rings. The third-order valence-electron chi connectivity index (χ3n) is 8.31. The van der Waals surface area contributed by atoms with Crippen LogP contribution >= 0.6 is 0 Å². The number of nitrogens with one attached hydrogen (secondary N) is 1. The van der Waals surface area contributed by atoms with Crippen molar-refractivity contribution < 1.29 is 4.42 Å². The first-order valence-electron chi connectivity index (χ1n) is 14.1. The maximum atomic E-state index is 6.73. The summed E-state index contributed by atoms with van der Waals surface area (Å²) in [6, 6.07) is 42.5. The summed E-state index contributed by atoms with van der Waals surface area (Å²) in [6.45, 7) is 0. The molecule has 5 nitrogen and oxygen atoms in total. The zero-order valence-electron chi connectivity index (χ0n) is 22.5. The van der Waals surface area contributed by atoms with E-state index in [9.17, 15) is 0 Å². The summed E-state index contributed by atoms with van der Waals surface area (Å²) in [5.41, 5.74) is 7.24. The molecular formula is C37H24N4O. The van der Waals surface area contributed by atoms with Crippen molar-refractivity contribution in [3.05, 3.63) is 145 Å². The van der Waals surface area contributed by atoms with Gasteiger partial charge in [-0.15, -0.1) is 0 Å². The maximum absolute atomic E-state index is 6.73. The topological polar surface area (TPSA) is 55.4 Å². The Hall–Kier alpha value is -5.68. The van der Waals surface area contributed by atoms with E-state index in [1.807, 2.05) is 30.6 Å². The Morgan fingerprint density at radius 1 is 0.619 bits per heavy atom. The summed E-state index contributed by atoms with van der Waals surface area (Å²) in [4.78, 5) is 9.54. The molecule has 1 atom stereocenters. The van der Waals surface area contributed by atoms with E-state index < -0.39 is 0 Å². The van der Waals surface area contributed by atoms with Gasteiger partial charge >= 0.3 is 0 Å². The maximum Gasteiger partial charge on any atom is 0.194 e. The van der Waals surface area contributed by atoms with Crippen molar-refractivity contribution in [1.82, 2.24) is 9.55 Å². The van der Waals surface area contributed by atoms with Gasteiger partial charge in [0.25, 0.3) is 0 Å². The molecule has 0 aliphatic carbocycles. The molecule has 9 rings (SSSR count). The Labute approximate surface area is 241 Å². The van der Waals surface area contributed by atoms with Gasteiger partial charge in [-0.1, -0.05) is 78.9 Å². The van der Waals surface area contributed by atoms with Crippen LogP contribution in [-0.4, -0.2) is 15.4 Å². The monoisotopic (exact) mass is 540 g/mol. The summed E-state index contributed by atoms with van der Waals surface area (Å²) in [6.07, 6.45) is 3.36. The van der Waals surface area contributed by atoms with Crippen LogP contribution in [0.1, 0.15) is 17.5 Å². The summed E-state index contributed by atoms with van der Waals surface area (Å²) < 4.78 is 9.01. The number of nitrogens with zero attached hydrogens (tertiary/aromatic N) is 3. The molecule has 1 N–H and O–H groups in total. The van der Waals surface area contributed by atoms with Gasteiger partial charge in [0, 0.05) is 28.6 Å². The molecule has 1 aliphatic rings. The number of aromatic nitrogens is 2. The van der Waals surface area contributed by atoms with Gasteiger partial charge in [-0.2, -0.15) is 0 Å². The van der Waals surface area contributed by atoms with Crippen LogP contribution < -0.4 is 5.32 Å². The standard InChI is InChI=1S/C37H24N4O/c1-2-8-24(9-3-1)36-39-34-29-15-14-27(23-16-18-38-19-17-23)22-33(29)42-35(34)37(40-36)41-31-13-7-6-12-28(31)30-20-25-10-4-5-11-26(25)21-32(30)41/h1-22,36,39H. The smallest absolute Gasteiger partial charge is 0.194 e. The van der Waals surface area contributed by atoms with Gasteiger partial charge < -0.3 is 9.73 Å². The van der Waals surface area contributed by atoms with Crippen LogP contribution in [0.4, 0.5) is 5.69 Å². The average Bonchev–Trinajstić information content (AvgIpc) is 3.59. The van der Waals surface area contributed by atoms with Gasteiger partial charge in [0.05, 0.1) is 16.7 Å². The van der Waals surface area contributed by atoms with Crippen LogP contribution in [0, 0.1) is 0 Å². The van der Waals surface area contributed by atoms with Crippen LogP contribution in [0.3, 0.4) is 0 Å². The van der Waals surface area contributed by atoms with Crippen LogP contribution in [-0.2, 0) is 0 Å². The molecule has 4 heterocycles. The van der Waals surface area contributed by atoms with E-state index in [0.29, 0.717) is 0 Å². The van der Waals surface area contributed by atoms with Crippen molar-refractivity contribution in [2.24, 2.45) is 4.99 Å². The summed E-state index contributed by atoms with van der Waals surface area (Å²) in [7, 11) is 0. The van der Waals surface area contributed by atoms with Crippen molar-refractivity contribution in [2.45, 2.75) is 6.17 Å². The molecular weight excluding hydrogens is 516 g/mol. The lowest BCUT2D eigenvalue weighted by Gasteiger charge is -2.24. The fraction of sp³-hybridized carbons (Fsp3) is 0.0270. The highest BCUT2D eigenvalue weighted by Gasteiger charge is 2.30. The first-order chi connectivity index (χ1) is 20.8. The first kappa shape index (κ1) is 23.1. The second-order valence-electron chi connectivity index (χ2n) is 10.7. The van der Waals surface area contributed by atoms with E-state index in [2.05, 4.69) is 118 Å². The highest BCUT2D eigenvalue weighted by molar-refractivity contribution is 6.22. The molecule has 198 valence electrons. The molecule has 42 heavy (non-hydrogen) atoms. The molecule has 0 fully saturated rings. The molecule has 5 aromatic carbocycles. The normalized spacial score (nSPS) is 14.8. The highest BCUT2D eigenvalue weighted by atomic mass is 16.3. The minimum absolute atomic E-state index is 0.272. The number of aliphatic imine (C=N–C) groups is 1. The third kappa shape index (κ3) is 3.44. The van der Waals surface area contributed by atoms with Crippen LogP contribution in [0.5, 0.6) is 0 Å². The number of hydrogen-bond donors (Lipinski definition) is 1. The lowest BCUT2D eigenvalue weighted by Crippen LogP contribution is -2.23.